The highest BCUT2D eigenvalue weighted by atomic mass is 16.5. The van der Waals surface area contributed by atoms with Crippen LogP contribution in [0.3, 0.4) is 0 Å². The maximum atomic E-state index is 9.44. The van der Waals surface area contributed by atoms with Gasteiger partial charge in [0, 0.05) is 19.2 Å². The summed E-state index contributed by atoms with van der Waals surface area (Å²) in [6, 6.07) is 7.61. The molecular formula is C16H22N2O2. The Morgan fingerprint density at radius 3 is 2.75 bits per heavy atom. The lowest BCUT2D eigenvalue weighted by molar-refractivity contribution is 0.141. The molecule has 0 saturated heterocycles. The molecule has 1 aromatic carbocycles. The molecule has 20 heavy (non-hydrogen) atoms. The molecule has 0 amide bonds. The second-order valence-electron chi connectivity index (χ2n) is 5.39. The van der Waals surface area contributed by atoms with Gasteiger partial charge in [-0.3, -0.25) is 0 Å². The molecule has 4 heteroatoms. The van der Waals surface area contributed by atoms with Crippen LogP contribution in [0.15, 0.2) is 18.2 Å². The van der Waals surface area contributed by atoms with E-state index in [2.05, 4.69) is 11.4 Å². The van der Waals surface area contributed by atoms with Gasteiger partial charge in [0.1, 0.15) is 11.8 Å². The Hall–Kier alpha value is -1.73. The van der Waals surface area contributed by atoms with E-state index in [4.69, 9.17) is 10.00 Å². The Morgan fingerprint density at radius 2 is 2.10 bits per heavy atom. The van der Waals surface area contributed by atoms with Gasteiger partial charge in [0.05, 0.1) is 18.4 Å². The average Bonchev–Trinajstić information content (AvgIpc) is 2.52. The van der Waals surface area contributed by atoms with Crippen molar-refractivity contribution in [2.24, 2.45) is 11.8 Å². The van der Waals surface area contributed by atoms with Crippen LogP contribution in [0.5, 0.6) is 5.75 Å². The molecule has 2 rings (SSSR count). The largest absolute Gasteiger partial charge is 0.497 e. The number of methoxy groups -OCH3 is 1. The van der Waals surface area contributed by atoms with Crippen molar-refractivity contribution in [2.75, 3.05) is 25.6 Å². The topological polar surface area (TPSA) is 65.3 Å². The van der Waals surface area contributed by atoms with Crippen LogP contribution in [-0.4, -0.2) is 25.4 Å². The Balaban J connectivity index is 2.04. The number of hydrogen-bond acceptors (Lipinski definition) is 4. The Labute approximate surface area is 120 Å². The SMILES string of the molecule is COc1ccc(C#N)c(NCC2CCCCC2CO)c1. The normalized spacial score (nSPS) is 22.1. The van der Waals surface area contributed by atoms with E-state index in [1.165, 1.54) is 12.8 Å². The molecule has 2 N–H and O–H groups in total. The molecule has 0 heterocycles. The quantitative estimate of drug-likeness (QED) is 0.866. The minimum absolute atomic E-state index is 0.259. The van der Waals surface area contributed by atoms with E-state index in [0.717, 1.165) is 30.8 Å². The number of benzene rings is 1. The minimum Gasteiger partial charge on any atom is -0.497 e. The molecule has 1 aliphatic rings. The van der Waals surface area contributed by atoms with Crippen LogP contribution in [0.4, 0.5) is 5.69 Å². The first kappa shape index (κ1) is 14.7. The maximum absolute atomic E-state index is 9.44. The molecule has 2 atom stereocenters. The first-order chi connectivity index (χ1) is 9.78. The second kappa shape index (κ2) is 7.16. The number of nitrogens with zero attached hydrogens (tertiary/aromatic N) is 1. The third-order valence-corrected chi connectivity index (χ3v) is 4.20. The summed E-state index contributed by atoms with van der Waals surface area (Å²) in [6.07, 6.45) is 4.69. The molecule has 0 bridgehead atoms. The van der Waals surface area contributed by atoms with Crippen LogP contribution < -0.4 is 10.1 Å². The number of aliphatic hydroxyl groups is 1. The zero-order chi connectivity index (χ0) is 14.4. The fraction of sp³-hybridized carbons (Fsp3) is 0.562. The summed E-state index contributed by atoms with van der Waals surface area (Å²) >= 11 is 0. The fourth-order valence-corrected chi connectivity index (χ4v) is 2.93. The van der Waals surface area contributed by atoms with Gasteiger partial charge in [-0.05, 0) is 36.8 Å². The molecule has 0 radical (unpaired) electrons. The Kier molecular flexibility index (Phi) is 5.25. The van der Waals surface area contributed by atoms with Gasteiger partial charge in [-0.1, -0.05) is 12.8 Å². The molecule has 1 saturated carbocycles. The molecule has 1 fully saturated rings. The third-order valence-electron chi connectivity index (χ3n) is 4.20. The van der Waals surface area contributed by atoms with E-state index in [1.54, 1.807) is 19.2 Å². The summed E-state index contributed by atoms with van der Waals surface area (Å²) in [4.78, 5) is 0. The molecule has 108 valence electrons. The fourth-order valence-electron chi connectivity index (χ4n) is 2.93. The molecule has 0 aliphatic heterocycles. The van der Waals surface area contributed by atoms with Crippen molar-refractivity contribution >= 4 is 5.69 Å². The second-order valence-corrected chi connectivity index (χ2v) is 5.39. The number of anilines is 1. The smallest absolute Gasteiger partial charge is 0.121 e. The van der Waals surface area contributed by atoms with Gasteiger partial charge in [0.25, 0.3) is 0 Å². The van der Waals surface area contributed by atoms with Gasteiger partial charge in [0.15, 0.2) is 0 Å². The van der Waals surface area contributed by atoms with Crippen LogP contribution in [-0.2, 0) is 0 Å². The Bertz CT molecular complexity index is 482. The number of nitrogens with one attached hydrogen (secondary N) is 1. The molecule has 1 aromatic rings. The zero-order valence-corrected chi connectivity index (χ0v) is 11.9. The standard InChI is InChI=1S/C16H22N2O2/c1-20-15-7-6-12(9-17)16(8-15)18-10-13-4-2-3-5-14(13)11-19/h6-8,13-14,18-19H,2-5,10-11H2,1H3. The predicted molar refractivity (Wildman–Crippen MR) is 78.7 cm³/mol. The van der Waals surface area contributed by atoms with Crippen molar-refractivity contribution < 1.29 is 9.84 Å². The van der Waals surface area contributed by atoms with Crippen molar-refractivity contribution in [3.05, 3.63) is 23.8 Å². The van der Waals surface area contributed by atoms with Gasteiger partial charge in [-0.2, -0.15) is 5.26 Å². The van der Waals surface area contributed by atoms with Gasteiger partial charge in [-0.15, -0.1) is 0 Å². The molecular weight excluding hydrogens is 252 g/mol. The van der Waals surface area contributed by atoms with E-state index in [0.29, 0.717) is 17.4 Å². The zero-order valence-electron chi connectivity index (χ0n) is 11.9. The van der Waals surface area contributed by atoms with Gasteiger partial charge >= 0.3 is 0 Å². The number of aliphatic hydroxyl groups excluding tert-OH is 1. The van der Waals surface area contributed by atoms with Gasteiger partial charge in [-0.25, -0.2) is 0 Å². The molecule has 4 nitrogen and oxygen atoms in total. The first-order valence-corrected chi connectivity index (χ1v) is 7.21. The van der Waals surface area contributed by atoms with Crippen molar-refractivity contribution in [3.63, 3.8) is 0 Å². The predicted octanol–water partition coefficient (Wildman–Crippen LogP) is 2.78. The molecule has 0 spiro atoms. The summed E-state index contributed by atoms with van der Waals surface area (Å²) in [5.74, 6) is 1.60. The average molecular weight is 274 g/mol. The van der Waals surface area contributed by atoms with E-state index in [1.807, 2.05) is 6.07 Å². The van der Waals surface area contributed by atoms with Crippen molar-refractivity contribution in [3.8, 4) is 11.8 Å². The summed E-state index contributed by atoms with van der Waals surface area (Å²) in [5.41, 5.74) is 1.44. The Morgan fingerprint density at radius 1 is 1.35 bits per heavy atom. The van der Waals surface area contributed by atoms with E-state index >= 15 is 0 Å². The summed E-state index contributed by atoms with van der Waals surface area (Å²) in [7, 11) is 1.62. The highest BCUT2D eigenvalue weighted by Gasteiger charge is 2.24. The highest BCUT2D eigenvalue weighted by Crippen LogP contribution is 2.30. The minimum atomic E-state index is 0.259. The monoisotopic (exact) mass is 274 g/mol. The third kappa shape index (κ3) is 3.43. The van der Waals surface area contributed by atoms with Crippen molar-refractivity contribution in [1.29, 1.82) is 5.26 Å². The van der Waals surface area contributed by atoms with Crippen LogP contribution in [0.2, 0.25) is 0 Å². The van der Waals surface area contributed by atoms with Crippen LogP contribution >= 0.6 is 0 Å². The lowest BCUT2D eigenvalue weighted by Crippen LogP contribution is -2.28. The summed E-state index contributed by atoms with van der Waals surface area (Å²) in [5, 5.41) is 21.9. The lowest BCUT2D eigenvalue weighted by Gasteiger charge is -2.30. The van der Waals surface area contributed by atoms with Gasteiger partial charge < -0.3 is 15.2 Å². The first-order valence-electron chi connectivity index (χ1n) is 7.21. The molecule has 1 aliphatic carbocycles. The molecule has 2 unspecified atom stereocenters. The molecule has 0 aromatic heterocycles. The number of nitriles is 1. The summed E-state index contributed by atoms with van der Waals surface area (Å²) < 4.78 is 5.20. The van der Waals surface area contributed by atoms with E-state index in [9.17, 15) is 5.11 Å². The number of hydrogen-bond donors (Lipinski definition) is 2. The van der Waals surface area contributed by atoms with Crippen LogP contribution in [0.25, 0.3) is 0 Å². The van der Waals surface area contributed by atoms with Gasteiger partial charge in [0.2, 0.25) is 0 Å². The lowest BCUT2D eigenvalue weighted by atomic mass is 9.79. The van der Waals surface area contributed by atoms with Crippen molar-refractivity contribution in [1.82, 2.24) is 0 Å². The highest BCUT2D eigenvalue weighted by molar-refractivity contribution is 5.60. The number of rotatable bonds is 5. The van der Waals surface area contributed by atoms with Crippen LogP contribution in [0.1, 0.15) is 31.2 Å². The van der Waals surface area contributed by atoms with E-state index in [-0.39, 0.29) is 6.61 Å². The maximum Gasteiger partial charge on any atom is 0.121 e. The van der Waals surface area contributed by atoms with Crippen molar-refractivity contribution in [2.45, 2.75) is 25.7 Å². The van der Waals surface area contributed by atoms with E-state index < -0.39 is 0 Å². The number of ether oxygens (including phenoxy) is 1. The van der Waals surface area contributed by atoms with Crippen LogP contribution in [0, 0.1) is 23.2 Å². The summed E-state index contributed by atoms with van der Waals surface area (Å²) in [6.45, 7) is 1.06.